The van der Waals surface area contributed by atoms with Crippen LogP contribution in [0, 0.1) is 23.3 Å². The molecule has 0 aromatic heterocycles. The molecule has 1 saturated heterocycles. The van der Waals surface area contributed by atoms with E-state index in [1.54, 1.807) is 0 Å². The van der Waals surface area contributed by atoms with E-state index in [0.717, 1.165) is 0 Å². The summed E-state index contributed by atoms with van der Waals surface area (Å²) in [6, 6.07) is -1.44. The van der Waals surface area contributed by atoms with Crippen molar-refractivity contribution in [2.45, 2.75) is 37.4 Å². The monoisotopic (exact) mass is 419 g/mol. The van der Waals surface area contributed by atoms with Crippen molar-refractivity contribution >= 4 is 11.6 Å². The Balaban J connectivity index is 2.33. The summed E-state index contributed by atoms with van der Waals surface area (Å²) in [5.74, 6) is -10.1. The highest BCUT2D eigenvalue weighted by Crippen LogP contribution is 2.31. The molecule has 1 aromatic rings. The number of carbonyl (C=O) groups excluding carboxylic acids is 1. The van der Waals surface area contributed by atoms with Gasteiger partial charge in [-0.1, -0.05) is 10.2 Å². The molecule has 29 heavy (non-hydrogen) atoms. The highest BCUT2D eigenvalue weighted by atomic mass is 19.2. The van der Waals surface area contributed by atoms with Gasteiger partial charge < -0.3 is 20.3 Å². The van der Waals surface area contributed by atoms with Crippen LogP contribution in [-0.4, -0.2) is 53.1 Å². The first-order valence-corrected chi connectivity index (χ1v) is 7.90. The molecule has 1 amide bonds. The Bertz CT molecular complexity index is 891. The maximum absolute atomic E-state index is 14.1. The fourth-order valence-corrected chi connectivity index (χ4v) is 2.80. The first kappa shape index (κ1) is 22.2. The molecule has 1 heterocycles. The molecule has 2 rings (SSSR count). The minimum absolute atomic E-state index is 0.347. The van der Waals surface area contributed by atoms with Gasteiger partial charge in [0.25, 0.3) is 5.91 Å². The van der Waals surface area contributed by atoms with Gasteiger partial charge in [0.05, 0.1) is 24.8 Å². The molecule has 2 unspecified atom stereocenters. The summed E-state index contributed by atoms with van der Waals surface area (Å²) in [5, 5.41) is 27.8. The van der Waals surface area contributed by atoms with Crippen molar-refractivity contribution in [2.75, 3.05) is 6.54 Å². The molecule has 5 atom stereocenters. The van der Waals surface area contributed by atoms with Crippen molar-refractivity contribution in [3.8, 4) is 0 Å². The summed E-state index contributed by atoms with van der Waals surface area (Å²) in [4.78, 5) is 16.8. The fraction of sp³-hybridized carbons (Fsp3) is 0.500. The normalized spacial score (nSPS) is 26.2. The molecule has 0 bridgehead atoms. The number of carbonyl (C=O) groups is 1. The van der Waals surface area contributed by atoms with Gasteiger partial charge in [0.2, 0.25) is 0 Å². The lowest BCUT2D eigenvalue weighted by molar-refractivity contribution is -0.173. The molecule has 0 spiro atoms. The average molecular weight is 419 g/mol. The minimum Gasteiger partial charge on any atom is -0.388 e. The molecule has 0 radical (unpaired) electrons. The SMILES string of the molecule is C[C@@H]1OC(CN=[N+]=[N-])[C@H](O)[C@H](O)C1NC(=O)c1c(F)c(F)c(N=[N+]=[N-])c(F)c1F. The van der Waals surface area contributed by atoms with Crippen LogP contribution in [0.15, 0.2) is 10.2 Å². The van der Waals surface area contributed by atoms with Gasteiger partial charge in [0, 0.05) is 9.82 Å². The van der Waals surface area contributed by atoms with Crippen molar-refractivity contribution in [2.24, 2.45) is 10.2 Å². The third-order valence-corrected chi connectivity index (χ3v) is 4.23. The van der Waals surface area contributed by atoms with E-state index < -0.39 is 70.9 Å². The predicted octanol–water partition coefficient (Wildman–Crippen LogP) is 2.10. The van der Waals surface area contributed by atoms with Crippen LogP contribution in [0.5, 0.6) is 0 Å². The minimum atomic E-state index is -2.12. The van der Waals surface area contributed by atoms with Gasteiger partial charge in [-0.2, -0.15) is 0 Å². The summed E-state index contributed by atoms with van der Waals surface area (Å²) >= 11 is 0. The lowest BCUT2D eigenvalue weighted by atomic mass is 9.93. The second-order valence-corrected chi connectivity index (χ2v) is 5.94. The summed E-state index contributed by atoms with van der Waals surface area (Å²) in [5.41, 5.74) is 13.3. The van der Waals surface area contributed by atoms with Crippen molar-refractivity contribution in [3.63, 3.8) is 0 Å². The van der Waals surface area contributed by atoms with E-state index in [0.29, 0.717) is 0 Å². The van der Waals surface area contributed by atoms with Crippen molar-refractivity contribution in [1.82, 2.24) is 5.32 Å². The highest BCUT2D eigenvalue weighted by Gasteiger charge is 2.43. The van der Waals surface area contributed by atoms with E-state index in [1.807, 2.05) is 10.2 Å². The van der Waals surface area contributed by atoms with E-state index in [9.17, 15) is 32.6 Å². The number of benzene rings is 1. The predicted molar refractivity (Wildman–Crippen MR) is 86.7 cm³/mol. The fourth-order valence-electron chi connectivity index (χ4n) is 2.80. The number of amides is 1. The van der Waals surface area contributed by atoms with Gasteiger partial charge in [0.15, 0.2) is 23.3 Å². The van der Waals surface area contributed by atoms with E-state index in [1.165, 1.54) is 6.92 Å². The van der Waals surface area contributed by atoms with Crippen LogP contribution in [0.2, 0.25) is 0 Å². The van der Waals surface area contributed by atoms with Crippen LogP contribution in [-0.2, 0) is 4.74 Å². The van der Waals surface area contributed by atoms with Crippen LogP contribution in [0.25, 0.3) is 20.9 Å². The lowest BCUT2D eigenvalue weighted by Crippen LogP contribution is -2.63. The maximum atomic E-state index is 14.1. The van der Waals surface area contributed by atoms with Crippen LogP contribution >= 0.6 is 0 Å². The largest absolute Gasteiger partial charge is 0.388 e. The topological polar surface area (TPSA) is 176 Å². The van der Waals surface area contributed by atoms with Crippen molar-refractivity contribution in [1.29, 1.82) is 0 Å². The van der Waals surface area contributed by atoms with Crippen LogP contribution in [0.1, 0.15) is 17.3 Å². The van der Waals surface area contributed by atoms with Crippen molar-refractivity contribution in [3.05, 3.63) is 49.7 Å². The molecular weight excluding hydrogens is 406 g/mol. The van der Waals surface area contributed by atoms with Gasteiger partial charge in [-0.05, 0) is 18.0 Å². The van der Waals surface area contributed by atoms with E-state index in [4.69, 9.17) is 15.8 Å². The molecule has 3 N–H and O–H groups in total. The first-order valence-electron chi connectivity index (χ1n) is 7.90. The standard InChI is InChI=1S/C14H13F4N7O4/c1-3-10(13(27)12(26)4(29-3)2-21-24-19)22-14(28)5-6(15)8(17)11(23-25-20)9(18)7(5)16/h3-4,10,12-13,26-27H,2H2,1H3,(H,22,28)/t3-,4?,10?,12-,13+/m0/s1. The second-order valence-electron chi connectivity index (χ2n) is 5.94. The van der Waals surface area contributed by atoms with Crippen molar-refractivity contribution < 1.29 is 37.3 Å². The Morgan fingerprint density at radius 2 is 1.69 bits per heavy atom. The Hall–Kier alpha value is -3.09. The molecule has 15 heteroatoms. The van der Waals surface area contributed by atoms with E-state index >= 15 is 0 Å². The zero-order valence-corrected chi connectivity index (χ0v) is 14.5. The summed E-state index contributed by atoms with van der Waals surface area (Å²) in [6.07, 6.45) is -5.57. The molecular formula is C14H13F4N7O4. The summed E-state index contributed by atoms with van der Waals surface area (Å²) in [6.45, 7) is 0.974. The highest BCUT2D eigenvalue weighted by molar-refractivity contribution is 5.95. The number of nitrogens with one attached hydrogen (secondary N) is 1. The van der Waals surface area contributed by atoms with Gasteiger partial charge in [-0.3, -0.25) is 4.79 Å². The molecule has 1 aliphatic rings. The number of halogens is 4. The third-order valence-electron chi connectivity index (χ3n) is 4.23. The number of rotatable bonds is 5. The Kier molecular flexibility index (Phi) is 6.84. The van der Waals surface area contributed by atoms with Crippen LogP contribution < -0.4 is 5.32 Å². The lowest BCUT2D eigenvalue weighted by Gasteiger charge is -2.41. The molecule has 1 fully saturated rings. The number of nitrogens with zero attached hydrogens (tertiary/aromatic N) is 6. The number of ether oxygens (including phenoxy) is 1. The van der Waals surface area contributed by atoms with Crippen LogP contribution in [0.3, 0.4) is 0 Å². The average Bonchev–Trinajstić information content (AvgIpc) is 2.69. The quantitative estimate of drug-likeness (QED) is 0.218. The first-order chi connectivity index (χ1) is 13.6. The number of azide groups is 2. The summed E-state index contributed by atoms with van der Waals surface area (Å²) < 4.78 is 61.1. The van der Waals surface area contributed by atoms with Gasteiger partial charge in [-0.25, -0.2) is 17.6 Å². The number of aliphatic hydroxyl groups is 2. The molecule has 0 aliphatic carbocycles. The van der Waals surface area contributed by atoms with Gasteiger partial charge in [-0.15, -0.1) is 0 Å². The number of hydrogen-bond acceptors (Lipinski definition) is 6. The Morgan fingerprint density at radius 1 is 1.10 bits per heavy atom. The van der Waals surface area contributed by atoms with E-state index in [-0.39, 0.29) is 6.54 Å². The number of aliphatic hydroxyl groups excluding tert-OH is 2. The van der Waals surface area contributed by atoms with Gasteiger partial charge >= 0.3 is 0 Å². The summed E-state index contributed by atoms with van der Waals surface area (Å²) in [7, 11) is 0. The maximum Gasteiger partial charge on any atom is 0.257 e. The molecule has 1 aliphatic heterocycles. The molecule has 1 aromatic carbocycles. The Morgan fingerprint density at radius 3 is 2.21 bits per heavy atom. The van der Waals surface area contributed by atoms with Crippen LogP contribution in [0.4, 0.5) is 23.2 Å². The van der Waals surface area contributed by atoms with Gasteiger partial charge in [0.1, 0.15) is 23.5 Å². The smallest absolute Gasteiger partial charge is 0.257 e. The number of hydrogen-bond donors (Lipinski definition) is 3. The second kappa shape index (κ2) is 8.94. The third kappa shape index (κ3) is 4.18. The molecule has 11 nitrogen and oxygen atoms in total. The van der Waals surface area contributed by atoms with E-state index in [2.05, 4.69) is 15.1 Å². The Labute approximate surface area is 159 Å². The molecule has 0 saturated carbocycles. The zero-order valence-electron chi connectivity index (χ0n) is 14.5. The molecule has 156 valence electrons. The zero-order chi connectivity index (χ0) is 21.9.